The Morgan fingerprint density at radius 3 is 2.12 bits per heavy atom. The molecule has 0 aliphatic rings. The second-order valence-electron chi connectivity index (χ2n) is 11.3. The van der Waals surface area contributed by atoms with E-state index in [0.717, 1.165) is 33.2 Å². The number of rotatable bonds is 19. The lowest BCUT2D eigenvalue weighted by Crippen LogP contribution is -2.44. The Labute approximate surface area is 277 Å². The predicted molar refractivity (Wildman–Crippen MR) is 182 cm³/mol. The molecular formula is C30H44N2O6S5. The van der Waals surface area contributed by atoms with Crippen molar-refractivity contribution in [1.29, 1.82) is 0 Å². The first-order chi connectivity index (χ1) is 20.3. The summed E-state index contributed by atoms with van der Waals surface area (Å²) in [6.07, 6.45) is 2.80. The molecule has 0 saturated carbocycles. The molecule has 240 valence electrons. The quantitative estimate of drug-likeness (QED) is 0.0708. The Morgan fingerprint density at radius 1 is 0.907 bits per heavy atom. The minimum absolute atomic E-state index is 0.102. The van der Waals surface area contributed by atoms with E-state index in [1.807, 2.05) is 39.2 Å². The van der Waals surface area contributed by atoms with Gasteiger partial charge in [0.25, 0.3) is 0 Å². The van der Waals surface area contributed by atoms with E-state index in [2.05, 4.69) is 10.2 Å². The van der Waals surface area contributed by atoms with Crippen molar-refractivity contribution in [2.45, 2.75) is 70.0 Å². The lowest BCUT2D eigenvalue weighted by atomic mass is 9.65. The van der Waals surface area contributed by atoms with Crippen LogP contribution in [0.1, 0.15) is 58.9 Å². The van der Waals surface area contributed by atoms with Crippen LogP contribution in [0.5, 0.6) is 5.75 Å². The Bertz CT molecular complexity index is 1190. The fourth-order valence-electron chi connectivity index (χ4n) is 4.62. The first-order valence-corrected chi connectivity index (χ1v) is 19.3. The second kappa shape index (κ2) is 18.0. The van der Waals surface area contributed by atoms with Crippen molar-refractivity contribution >= 4 is 75.4 Å². The molecule has 0 radical (unpaired) electrons. The van der Waals surface area contributed by atoms with E-state index in [-0.39, 0.29) is 31.2 Å². The highest BCUT2D eigenvalue weighted by Gasteiger charge is 2.49. The fraction of sp³-hybridized carbons (Fsp3) is 0.633. The van der Waals surface area contributed by atoms with Crippen LogP contribution in [0.4, 0.5) is 0 Å². The molecule has 0 amide bonds. The molecule has 0 aliphatic carbocycles. The molecule has 2 rings (SSSR count). The third kappa shape index (κ3) is 12.2. The highest BCUT2D eigenvalue weighted by Crippen LogP contribution is 2.48. The number of aryl methyl sites for hydroxylation is 1. The molecule has 1 heterocycles. The molecule has 13 heteroatoms. The maximum atomic E-state index is 13.8. The van der Waals surface area contributed by atoms with Crippen molar-refractivity contribution in [2.24, 2.45) is 16.2 Å². The first kappa shape index (κ1) is 37.9. The number of aliphatic hydroxyl groups is 1. The summed E-state index contributed by atoms with van der Waals surface area (Å²) in [5.41, 5.74) is -3.08. The zero-order valence-corrected chi connectivity index (χ0v) is 30.2. The van der Waals surface area contributed by atoms with Gasteiger partial charge in [-0.3, -0.25) is 14.4 Å². The van der Waals surface area contributed by atoms with Gasteiger partial charge in [-0.2, -0.15) is 23.5 Å². The molecule has 0 bridgehead atoms. The van der Waals surface area contributed by atoms with Gasteiger partial charge in [-0.25, -0.2) is 0 Å². The number of carbonyl (C=O) groups is 3. The molecule has 1 N–H and O–H groups in total. The van der Waals surface area contributed by atoms with Gasteiger partial charge >= 0.3 is 11.9 Å². The monoisotopic (exact) mass is 688 g/mol. The van der Waals surface area contributed by atoms with Gasteiger partial charge in [0.15, 0.2) is 4.34 Å². The van der Waals surface area contributed by atoms with Crippen LogP contribution in [0.15, 0.2) is 33.5 Å². The number of hydrogen-bond acceptors (Lipinski definition) is 13. The zero-order valence-electron chi connectivity index (χ0n) is 26.1. The molecule has 2 atom stereocenters. The van der Waals surface area contributed by atoms with E-state index in [1.54, 1.807) is 68.2 Å². The normalized spacial score (nSPS) is 14.5. The molecular weight excluding hydrogens is 645 g/mol. The highest BCUT2D eigenvalue weighted by atomic mass is 32.2. The van der Waals surface area contributed by atoms with Crippen LogP contribution < -0.4 is 4.74 Å². The lowest BCUT2D eigenvalue weighted by Gasteiger charge is -2.39. The van der Waals surface area contributed by atoms with Crippen LogP contribution >= 0.6 is 58.4 Å². The Hall–Kier alpha value is -1.25. The van der Waals surface area contributed by atoms with Crippen molar-refractivity contribution in [2.75, 3.05) is 42.5 Å². The summed E-state index contributed by atoms with van der Waals surface area (Å²) in [4.78, 5) is 41.9. The third-order valence-electron chi connectivity index (χ3n) is 6.96. The van der Waals surface area contributed by atoms with E-state index in [9.17, 15) is 14.4 Å². The largest absolute Gasteiger partial charge is 0.464 e. The summed E-state index contributed by atoms with van der Waals surface area (Å²) in [7, 11) is 0. The summed E-state index contributed by atoms with van der Waals surface area (Å²) in [5, 5.41) is 17.7. The molecule has 0 spiro atoms. The Balaban J connectivity index is 2.22. The Kier molecular flexibility index (Phi) is 15.9. The van der Waals surface area contributed by atoms with Gasteiger partial charge < -0.3 is 14.6 Å². The van der Waals surface area contributed by atoms with Crippen LogP contribution in [-0.2, 0) is 19.1 Å². The maximum Gasteiger partial charge on any atom is 0.316 e. The van der Waals surface area contributed by atoms with Gasteiger partial charge in [0.2, 0.25) is 5.12 Å². The van der Waals surface area contributed by atoms with Crippen LogP contribution in [0, 0.1) is 23.2 Å². The summed E-state index contributed by atoms with van der Waals surface area (Å²) in [6.45, 7) is 11.3. The maximum absolute atomic E-state index is 13.8. The predicted octanol–water partition coefficient (Wildman–Crippen LogP) is 7.02. The number of benzene rings is 1. The Morgan fingerprint density at radius 2 is 1.56 bits per heavy atom. The summed E-state index contributed by atoms with van der Waals surface area (Å²) in [5.74, 6) is 2.69. The number of ether oxygens (including phenoxy) is 2. The topological polar surface area (TPSA) is 116 Å². The van der Waals surface area contributed by atoms with Gasteiger partial charge in [0, 0.05) is 33.3 Å². The molecule has 2 unspecified atom stereocenters. The second-order valence-corrected chi connectivity index (χ2v) is 17.1. The molecule has 2 aromatic rings. The fourth-order valence-corrected chi connectivity index (χ4v) is 8.59. The summed E-state index contributed by atoms with van der Waals surface area (Å²) in [6, 6.07) is 7.29. The van der Waals surface area contributed by atoms with Crippen molar-refractivity contribution in [3.8, 4) is 5.75 Å². The van der Waals surface area contributed by atoms with Crippen LogP contribution in [0.2, 0.25) is 0 Å². The molecule has 0 saturated heterocycles. The smallest absolute Gasteiger partial charge is 0.316 e. The van der Waals surface area contributed by atoms with Gasteiger partial charge in [-0.15, -0.1) is 22.0 Å². The van der Waals surface area contributed by atoms with E-state index >= 15 is 0 Å². The van der Waals surface area contributed by atoms with Crippen molar-refractivity contribution < 1.29 is 29.0 Å². The zero-order chi connectivity index (χ0) is 32.1. The van der Waals surface area contributed by atoms with Crippen LogP contribution in [0.3, 0.4) is 0 Å². The number of aromatic nitrogens is 2. The van der Waals surface area contributed by atoms with Crippen molar-refractivity contribution in [3.05, 3.63) is 29.3 Å². The molecule has 8 nitrogen and oxygen atoms in total. The SMILES string of the molecule is CCC(C)(CC(C)(CC(C)(C)C(=O)Oc1ccc(SC)cc1)C(=O)OCCSCCSCCO)C(=O)Sc1nnc(C)s1. The number of hydrogen-bond donors (Lipinski definition) is 1. The van der Waals surface area contributed by atoms with E-state index in [0.29, 0.717) is 28.0 Å². The number of thioether (sulfide) groups is 4. The van der Waals surface area contributed by atoms with Crippen molar-refractivity contribution in [1.82, 2.24) is 10.2 Å². The van der Waals surface area contributed by atoms with Gasteiger partial charge in [-0.1, -0.05) is 25.2 Å². The number of aliphatic hydroxyl groups excluding tert-OH is 1. The van der Waals surface area contributed by atoms with E-state index < -0.39 is 28.2 Å². The molecule has 0 fully saturated rings. The number of carbonyl (C=O) groups excluding carboxylic acids is 3. The first-order valence-electron chi connectivity index (χ1n) is 14.1. The molecule has 1 aromatic carbocycles. The average molecular weight is 689 g/mol. The minimum Gasteiger partial charge on any atom is -0.464 e. The molecule has 43 heavy (non-hydrogen) atoms. The lowest BCUT2D eigenvalue weighted by molar-refractivity contribution is -0.161. The van der Waals surface area contributed by atoms with Crippen LogP contribution in [-0.4, -0.2) is 74.8 Å². The van der Waals surface area contributed by atoms with Gasteiger partial charge in [0.05, 0.1) is 17.4 Å². The standard InChI is InChI=1S/C30H44N2O6S5/c1-8-29(5,26(36)43-27-32-31-21(2)42-27)20-30(6,25(35)37-14-16-41-18-17-40-15-13-33)19-28(3,4)24(34)38-22-9-11-23(39-7)12-10-22/h9-12,33H,8,13-20H2,1-7H3. The van der Waals surface area contributed by atoms with Gasteiger partial charge in [-0.05, 0) is 89.2 Å². The summed E-state index contributed by atoms with van der Waals surface area (Å²) < 4.78 is 12.1. The summed E-state index contributed by atoms with van der Waals surface area (Å²) >= 11 is 7.36. The van der Waals surface area contributed by atoms with Gasteiger partial charge in [0.1, 0.15) is 17.4 Å². The average Bonchev–Trinajstić information content (AvgIpc) is 3.38. The molecule has 0 aliphatic heterocycles. The number of nitrogens with zero attached hydrogens (tertiary/aromatic N) is 2. The van der Waals surface area contributed by atoms with E-state index in [1.165, 1.54) is 11.3 Å². The number of esters is 2. The minimum atomic E-state index is -1.15. The molecule has 1 aromatic heterocycles. The van der Waals surface area contributed by atoms with E-state index in [4.69, 9.17) is 14.6 Å². The third-order valence-corrected chi connectivity index (χ3v) is 11.9. The van der Waals surface area contributed by atoms with Crippen molar-refractivity contribution in [3.63, 3.8) is 0 Å². The highest BCUT2D eigenvalue weighted by molar-refractivity contribution is 8.15. The van der Waals surface area contributed by atoms with Crippen LogP contribution in [0.25, 0.3) is 0 Å².